The van der Waals surface area contributed by atoms with Gasteiger partial charge in [0.1, 0.15) is 15.7 Å². The summed E-state index contributed by atoms with van der Waals surface area (Å²) in [5.41, 5.74) is 7.48. The Morgan fingerprint density at radius 2 is 1.05 bits per heavy atom. The molecule has 2 heterocycles. The average Bonchev–Trinajstić information content (AvgIpc) is 3.64. The van der Waals surface area contributed by atoms with E-state index in [1.54, 1.807) is 11.8 Å². The molecule has 40 heavy (non-hydrogen) atoms. The van der Waals surface area contributed by atoms with Gasteiger partial charge in [-0.1, -0.05) is 139 Å². The van der Waals surface area contributed by atoms with E-state index in [0.29, 0.717) is 0 Å². The fraction of sp³-hybridized carbons (Fsp3) is 0.143. The Morgan fingerprint density at radius 1 is 0.575 bits per heavy atom. The van der Waals surface area contributed by atoms with Crippen molar-refractivity contribution < 1.29 is 5.11 Å². The molecule has 2 aliphatic heterocycles. The predicted octanol–water partition coefficient (Wildman–Crippen LogP) is 7.82. The number of aliphatic imine (C=N–C) groups is 2. The minimum Gasteiger partial charge on any atom is -0.376 e. The van der Waals surface area contributed by atoms with Gasteiger partial charge in [-0.25, -0.2) is 9.98 Å². The molecule has 3 atom stereocenters. The number of thioether (sulfide) groups is 2. The SMILES string of the molecule is C[C@@]12SC(c3ccccc3)=NC1=C1C(=C3N=C(c4ccccc4)S[C@]32C)[C@@](O)(c2ccccc2)c2ccccc21. The quantitative estimate of drug-likeness (QED) is 0.281. The topological polar surface area (TPSA) is 45.0 Å². The van der Waals surface area contributed by atoms with Gasteiger partial charge in [0.15, 0.2) is 0 Å². The highest BCUT2D eigenvalue weighted by atomic mass is 32.2. The Hall–Kier alpha value is -3.64. The van der Waals surface area contributed by atoms with Gasteiger partial charge < -0.3 is 5.11 Å². The number of hydrogen-bond acceptors (Lipinski definition) is 5. The molecule has 0 amide bonds. The zero-order valence-electron chi connectivity index (χ0n) is 22.1. The standard InChI is InChI=1S/C35H26N2OS2/c1-33-29(36-31(39-33)22-14-6-3-7-15-22)27-25-20-12-13-21-26(25)35(38,24-18-10-5-11-19-24)28(27)30-34(33,2)40-32(37-30)23-16-8-4-9-17-23/h3-21,38H,1-2H3/t33-,34-,35-/m1/s1. The van der Waals surface area contributed by atoms with Crippen LogP contribution in [0.1, 0.15) is 41.7 Å². The molecule has 5 heteroatoms. The van der Waals surface area contributed by atoms with Gasteiger partial charge in [0.2, 0.25) is 0 Å². The monoisotopic (exact) mass is 554 g/mol. The first-order chi connectivity index (χ1) is 19.4. The summed E-state index contributed by atoms with van der Waals surface area (Å²) in [5, 5.41) is 15.0. The van der Waals surface area contributed by atoms with E-state index in [2.05, 4.69) is 80.6 Å². The Balaban J connectivity index is 1.48. The van der Waals surface area contributed by atoms with E-state index in [4.69, 9.17) is 9.98 Å². The number of rotatable bonds is 3. The lowest BCUT2D eigenvalue weighted by atomic mass is 9.73. The van der Waals surface area contributed by atoms with Crippen molar-refractivity contribution in [1.82, 2.24) is 0 Å². The molecule has 4 aromatic carbocycles. The van der Waals surface area contributed by atoms with Crippen LogP contribution in [0.2, 0.25) is 0 Å². The summed E-state index contributed by atoms with van der Waals surface area (Å²) in [5.74, 6) is 0. The lowest BCUT2D eigenvalue weighted by Gasteiger charge is -2.45. The van der Waals surface area contributed by atoms with Crippen molar-refractivity contribution >= 4 is 39.2 Å². The summed E-state index contributed by atoms with van der Waals surface area (Å²) in [6.45, 7) is 4.61. The summed E-state index contributed by atoms with van der Waals surface area (Å²) >= 11 is 3.62. The first-order valence-corrected chi connectivity index (χ1v) is 15.1. The zero-order chi connectivity index (χ0) is 27.1. The van der Waals surface area contributed by atoms with E-state index >= 15 is 0 Å². The second-order valence-electron chi connectivity index (χ2n) is 10.9. The van der Waals surface area contributed by atoms with Gasteiger partial charge >= 0.3 is 0 Å². The van der Waals surface area contributed by atoms with E-state index in [1.165, 1.54) is 0 Å². The van der Waals surface area contributed by atoms with Crippen LogP contribution in [0.3, 0.4) is 0 Å². The number of nitrogens with zero attached hydrogens (tertiary/aromatic N) is 2. The van der Waals surface area contributed by atoms with Crippen molar-refractivity contribution in [3.8, 4) is 0 Å². The van der Waals surface area contributed by atoms with Crippen LogP contribution in [0.4, 0.5) is 0 Å². The summed E-state index contributed by atoms with van der Waals surface area (Å²) < 4.78 is -0.881. The molecule has 0 bridgehead atoms. The van der Waals surface area contributed by atoms with Crippen molar-refractivity contribution in [2.75, 3.05) is 0 Å². The van der Waals surface area contributed by atoms with Crippen LogP contribution in [-0.2, 0) is 5.60 Å². The smallest absolute Gasteiger partial charge is 0.143 e. The summed E-state index contributed by atoms with van der Waals surface area (Å²) in [6.07, 6.45) is 0. The third-order valence-corrected chi connectivity index (χ3v) is 11.9. The zero-order valence-corrected chi connectivity index (χ0v) is 23.8. The molecular weight excluding hydrogens is 529 g/mol. The fourth-order valence-corrected chi connectivity index (χ4v) is 9.45. The van der Waals surface area contributed by atoms with Gasteiger partial charge in [-0.2, -0.15) is 0 Å². The molecule has 8 rings (SSSR count). The molecule has 3 nitrogen and oxygen atoms in total. The molecule has 0 fully saturated rings. The second kappa shape index (κ2) is 8.43. The molecule has 0 spiro atoms. The highest BCUT2D eigenvalue weighted by molar-refractivity contribution is 8.20. The third-order valence-electron chi connectivity index (χ3n) is 8.75. The molecule has 0 saturated carbocycles. The maximum Gasteiger partial charge on any atom is 0.143 e. The molecule has 0 aromatic heterocycles. The van der Waals surface area contributed by atoms with E-state index in [1.807, 2.05) is 60.3 Å². The van der Waals surface area contributed by atoms with Crippen molar-refractivity contribution in [2.24, 2.45) is 9.98 Å². The molecule has 0 saturated heterocycles. The van der Waals surface area contributed by atoms with Crippen LogP contribution in [-0.4, -0.2) is 24.7 Å². The van der Waals surface area contributed by atoms with Gasteiger partial charge in [-0.15, -0.1) is 0 Å². The van der Waals surface area contributed by atoms with Crippen LogP contribution in [0.15, 0.2) is 142 Å². The molecule has 4 aromatic rings. The number of aliphatic hydroxyl groups is 1. The van der Waals surface area contributed by atoms with E-state index in [-0.39, 0.29) is 0 Å². The highest BCUT2D eigenvalue weighted by Crippen LogP contribution is 2.70. The van der Waals surface area contributed by atoms with Crippen LogP contribution >= 0.6 is 23.5 Å². The second-order valence-corrected chi connectivity index (χ2v) is 13.7. The van der Waals surface area contributed by atoms with Crippen molar-refractivity contribution in [2.45, 2.75) is 28.9 Å². The van der Waals surface area contributed by atoms with Gasteiger partial charge in [0, 0.05) is 27.8 Å². The lowest BCUT2D eigenvalue weighted by Crippen LogP contribution is -2.49. The maximum atomic E-state index is 13.0. The normalized spacial score (nSPS) is 28.1. The number of benzene rings is 4. The van der Waals surface area contributed by atoms with E-state index in [9.17, 15) is 5.11 Å². The minimum atomic E-state index is -1.34. The van der Waals surface area contributed by atoms with Crippen LogP contribution in [0.5, 0.6) is 0 Å². The Kier molecular flexibility index (Phi) is 5.10. The van der Waals surface area contributed by atoms with Gasteiger partial charge in [0.25, 0.3) is 0 Å². The molecule has 1 N–H and O–H groups in total. The Morgan fingerprint density at radius 3 is 1.65 bits per heavy atom. The molecular formula is C35H26N2OS2. The van der Waals surface area contributed by atoms with Crippen molar-refractivity contribution in [1.29, 1.82) is 0 Å². The van der Waals surface area contributed by atoms with E-state index < -0.39 is 15.1 Å². The Bertz CT molecular complexity index is 1830. The average molecular weight is 555 g/mol. The largest absolute Gasteiger partial charge is 0.376 e. The molecule has 0 radical (unpaired) electrons. The summed E-state index contributed by atoms with van der Waals surface area (Å²) in [7, 11) is 0. The first-order valence-electron chi connectivity index (χ1n) is 13.5. The molecule has 2 aliphatic carbocycles. The molecule has 194 valence electrons. The summed E-state index contributed by atoms with van der Waals surface area (Å²) in [4.78, 5) is 10.8. The Labute approximate surface area is 242 Å². The third kappa shape index (κ3) is 3.03. The van der Waals surface area contributed by atoms with Crippen LogP contribution in [0, 0.1) is 0 Å². The summed E-state index contributed by atoms with van der Waals surface area (Å²) in [6, 6.07) is 39.1. The number of hydrogen-bond donors (Lipinski definition) is 1. The van der Waals surface area contributed by atoms with Crippen LogP contribution in [0.25, 0.3) is 5.57 Å². The van der Waals surface area contributed by atoms with Crippen LogP contribution < -0.4 is 0 Å². The molecule has 0 unspecified atom stereocenters. The van der Waals surface area contributed by atoms with Gasteiger partial charge in [-0.3, -0.25) is 0 Å². The predicted molar refractivity (Wildman–Crippen MR) is 168 cm³/mol. The highest BCUT2D eigenvalue weighted by Gasteiger charge is 2.65. The van der Waals surface area contributed by atoms with E-state index in [0.717, 1.165) is 60.4 Å². The minimum absolute atomic E-state index is 0.411. The fourth-order valence-electron chi connectivity index (χ4n) is 6.57. The molecule has 4 aliphatic rings. The lowest BCUT2D eigenvalue weighted by molar-refractivity contribution is 0.128. The van der Waals surface area contributed by atoms with Crippen molar-refractivity contribution in [3.63, 3.8) is 0 Å². The first kappa shape index (κ1) is 24.2. The van der Waals surface area contributed by atoms with Crippen molar-refractivity contribution in [3.05, 3.63) is 160 Å². The maximum absolute atomic E-state index is 13.0. The van der Waals surface area contributed by atoms with Gasteiger partial charge in [0.05, 0.1) is 20.9 Å². The number of fused-ring (bicyclic) bond motifs is 6. The van der Waals surface area contributed by atoms with Gasteiger partial charge in [-0.05, 0) is 25.0 Å².